The van der Waals surface area contributed by atoms with Gasteiger partial charge in [-0.15, -0.1) is 0 Å². The van der Waals surface area contributed by atoms with Crippen LogP contribution in [0.3, 0.4) is 0 Å². The van der Waals surface area contributed by atoms with Crippen LogP contribution in [0.2, 0.25) is 0 Å². The molecule has 0 aromatic heterocycles. The highest BCUT2D eigenvalue weighted by atomic mass is 79.9. The van der Waals surface area contributed by atoms with Crippen LogP contribution in [0.25, 0.3) is 5.32 Å². The van der Waals surface area contributed by atoms with E-state index in [0.717, 1.165) is 12.1 Å². The molecule has 2 aromatic carbocycles. The molecule has 0 amide bonds. The molecule has 2 nitrogen and oxygen atoms in total. The second-order valence-corrected chi connectivity index (χ2v) is 4.42. The molecule has 2 aromatic rings. The first-order valence-electron chi connectivity index (χ1n) is 5.11. The van der Waals surface area contributed by atoms with Gasteiger partial charge in [-0.25, -0.2) is 8.78 Å². The molecule has 0 atom stereocenters. The number of halogens is 3. The van der Waals surface area contributed by atoms with Crippen molar-refractivity contribution < 1.29 is 13.5 Å². The van der Waals surface area contributed by atoms with E-state index in [-0.39, 0.29) is 5.69 Å². The van der Waals surface area contributed by atoms with E-state index in [0.29, 0.717) is 15.9 Å². The van der Waals surface area contributed by atoms with Crippen LogP contribution in [0.1, 0.15) is 0 Å². The number of hydrogen-bond acceptors (Lipinski definition) is 1. The van der Waals surface area contributed by atoms with Crippen LogP contribution < -0.4 is 4.74 Å². The minimum atomic E-state index is -0.729. The third kappa shape index (κ3) is 2.61. The van der Waals surface area contributed by atoms with E-state index in [1.807, 2.05) is 0 Å². The molecule has 2 rings (SSSR count). The highest BCUT2D eigenvalue weighted by Gasteiger charge is 2.04. The molecular weight excluding hydrogens is 304 g/mol. The van der Waals surface area contributed by atoms with Crippen LogP contribution >= 0.6 is 15.9 Å². The zero-order valence-corrected chi connectivity index (χ0v) is 11.0. The monoisotopic (exact) mass is 312 g/mol. The number of hydrogen-bond donors (Lipinski definition) is 0. The lowest BCUT2D eigenvalue weighted by atomic mass is 10.2. The maximum absolute atomic E-state index is 13.6. The predicted octanol–water partition coefficient (Wildman–Crippen LogP) is 5.07. The van der Waals surface area contributed by atoms with Crippen LogP contribution in [-0.2, 0) is 0 Å². The molecule has 0 aliphatic carbocycles. The average molecular weight is 313 g/mol. The second-order valence-electron chi connectivity index (χ2n) is 3.50. The van der Waals surface area contributed by atoms with Crippen molar-refractivity contribution in [1.82, 2.24) is 0 Å². The molecule has 0 aliphatic rings. The summed E-state index contributed by atoms with van der Waals surface area (Å²) in [5.41, 5.74) is 0.0443. The summed E-state index contributed by atoms with van der Waals surface area (Å²) in [5, 5.41) is 3.96. The lowest BCUT2D eigenvalue weighted by Crippen LogP contribution is -1.87. The third-order valence-electron chi connectivity index (χ3n) is 2.30. The Bertz CT molecular complexity index is 552. The minimum Gasteiger partial charge on any atom is -0.650 e. The van der Waals surface area contributed by atoms with Crippen molar-refractivity contribution >= 4 is 27.3 Å². The first-order chi connectivity index (χ1) is 8.61. The maximum atomic E-state index is 13.6. The lowest BCUT2D eigenvalue weighted by Gasteiger charge is -2.25. The van der Waals surface area contributed by atoms with Crippen molar-refractivity contribution in [1.29, 1.82) is 0 Å². The van der Waals surface area contributed by atoms with E-state index < -0.39 is 11.6 Å². The molecule has 0 spiro atoms. The molecule has 0 fully saturated rings. The topological polar surface area (TPSA) is 23.3 Å². The van der Waals surface area contributed by atoms with Gasteiger partial charge in [0.15, 0.2) is 0 Å². The fraction of sp³-hybridized carbons (Fsp3) is 0.0769. The van der Waals surface area contributed by atoms with Crippen molar-refractivity contribution in [2.75, 3.05) is 7.11 Å². The van der Waals surface area contributed by atoms with Gasteiger partial charge in [0.05, 0.1) is 7.11 Å². The number of nitrogens with zero attached hydrogens (tertiary/aromatic N) is 1. The van der Waals surface area contributed by atoms with E-state index in [2.05, 4.69) is 21.2 Å². The third-order valence-corrected chi connectivity index (χ3v) is 2.76. The normalized spacial score (nSPS) is 10.2. The molecule has 0 heterocycles. The molecule has 0 bridgehead atoms. The Hall–Kier alpha value is -1.62. The van der Waals surface area contributed by atoms with Gasteiger partial charge in [-0.1, -0.05) is 45.5 Å². The van der Waals surface area contributed by atoms with Gasteiger partial charge in [0.2, 0.25) is 0 Å². The van der Waals surface area contributed by atoms with Crippen molar-refractivity contribution in [3.05, 3.63) is 57.8 Å². The van der Waals surface area contributed by atoms with Gasteiger partial charge < -0.3 is 10.1 Å². The van der Waals surface area contributed by atoms with Crippen molar-refractivity contribution in [3.63, 3.8) is 0 Å². The van der Waals surface area contributed by atoms with Gasteiger partial charge in [-0.2, -0.15) is 0 Å². The summed E-state index contributed by atoms with van der Waals surface area (Å²) < 4.78 is 32.7. The fourth-order valence-electron chi connectivity index (χ4n) is 1.48. The number of para-hydroxylation sites is 2. The molecular formula is C13H9BrF2NO-. The van der Waals surface area contributed by atoms with Crippen LogP contribution in [0.15, 0.2) is 40.9 Å². The summed E-state index contributed by atoms with van der Waals surface area (Å²) in [4.78, 5) is 0. The number of benzene rings is 2. The summed E-state index contributed by atoms with van der Waals surface area (Å²) >= 11 is 3.01. The number of rotatable bonds is 3. The molecule has 18 heavy (non-hydrogen) atoms. The van der Waals surface area contributed by atoms with Gasteiger partial charge in [0.1, 0.15) is 17.4 Å². The number of ether oxygens (including phenoxy) is 1. The largest absolute Gasteiger partial charge is 0.650 e. The van der Waals surface area contributed by atoms with Crippen LogP contribution in [-0.4, -0.2) is 7.11 Å². The molecule has 0 N–H and O–H groups in total. The van der Waals surface area contributed by atoms with Crippen LogP contribution in [0, 0.1) is 11.6 Å². The number of methoxy groups -OCH3 is 1. The molecule has 0 aliphatic heterocycles. The summed E-state index contributed by atoms with van der Waals surface area (Å²) in [6.45, 7) is 0. The predicted molar refractivity (Wildman–Crippen MR) is 69.7 cm³/mol. The Kier molecular flexibility index (Phi) is 3.81. The van der Waals surface area contributed by atoms with Gasteiger partial charge in [-0.3, -0.25) is 0 Å². The van der Waals surface area contributed by atoms with E-state index >= 15 is 0 Å². The molecule has 94 valence electrons. The quantitative estimate of drug-likeness (QED) is 0.775. The Morgan fingerprint density at radius 3 is 2.33 bits per heavy atom. The molecule has 0 saturated heterocycles. The van der Waals surface area contributed by atoms with E-state index in [9.17, 15) is 8.78 Å². The Morgan fingerprint density at radius 2 is 1.72 bits per heavy atom. The van der Waals surface area contributed by atoms with Crippen LogP contribution in [0.5, 0.6) is 5.75 Å². The molecule has 0 saturated carbocycles. The van der Waals surface area contributed by atoms with E-state index in [1.54, 1.807) is 24.3 Å². The van der Waals surface area contributed by atoms with Gasteiger partial charge in [-0.05, 0) is 18.2 Å². The zero-order chi connectivity index (χ0) is 13.1. The van der Waals surface area contributed by atoms with Crippen LogP contribution in [0.4, 0.5) is 20.2 Å². The summed E-state index contributed by atoms with van der Waals surface area (Å²) in [7, 11) is 1.47. The van der Waals surface area contributed by atoms with E-state index in [1.165, 1.54) is 7.11 Å². The first-order valence-corrected chi connectivity index (χ1v) is 5.90. The minimum absolute atomic E-state index is 0.330. The Morgan fingerprint density at radius 1 is 1.11 bits per heavy atom. The summed E-state index contributed by atoms with van der Waals surface area (Å²) in [5.74, 6) is -1.00. The lowest BCUT2D eigenvalue weighted by molar-refractivity contribution is 0.417. The van der Waals surface area contributed by atoms with Gasteiger partial charge >= 0.3 is 0 Å². The summed E-state index contributed by atoms with van der Waals surface area (Å²) in [6, 6.07) is 9.10. The SMILES string of the molecule is COc1ccccc1[N-]c1c(F)cc(Br)cc1F. The zero-order valence-electron chi connectivity index (χ0n) is 9.45. The summed E-state index contributed by atoms with van der Waals surface area (Å²) in [6.07, 6.45) is 0. The van der Waals surface area contributed by atoms with Gasteiger partial charge in [0.25, 0.3) is 0 Å². The molecule has 0 radical (unpaired) electrons. The first kappa shape index (κ1) is 12.8. The highest BCUT2D eigenvalue weighted by molar-refractivity contribution is 9.10. The fourth-order valence-corrected chi connectivity index (χ4v) is 1.89. The smallest absolute Gasteiger partial charge is 0.112 e. The Labute approximate surface area is 112 Å². The van der Waals surface area contributed by atoms with Crippen molar-refractivity contribution in [3.8, 4) is 5.75 Å². The van der Waals surface area contributed by atoms with E-state index in [4.69, 9.17) is 4.74 Å². The molecule has 5 heteroatoms. The standard InChI is InChI=1S/C13H9BrF2NO/c1-18-12-5-3-2-4-11(12)17-13-9(15)6-8(14)7-10(13)16/h2-7H,1H3/q-1. The van der Waals surface area contributed by atoms with Crippen molar-refractivity contribution in [2.45, 2.75) is 0 Å². The maximum Gasteiger partial charge on any atom is 0.112 e. The average Bonchev–Trinajstić information content (AvgIpc) is 2.34. The van der Waals surface area contributed by atoms with Crippen molar-refractivity contribution in [2.24, 2.45) is 0 Å². The second kappa shape index (κ2) is 5.35. The van der Waals surface area contributed by atoms with Gasteiger partial charge in [0, 0.05) is 4.47 Å². The molecule has 0 unspecified atom stereocenters. The Balaban J connectivity index is 2.40. The highest BCUT2D eigenvalue weighted by Crippen LogP contribution is 2.40.